The molecule has 3 aromatic rings. The van der Waals surface area contributed by atoms with Crippen LogP contribution in [0.5, 0.6) is 5.75 Å². The van der Waals surface area contributed by atoms with Crippen molar-refractivity contribution >= 4 is 21.6 Å². The van der Waals surface area contributed by atoms with E-state index in [9.17, 15) is 8.42 Å². The molecule has 0 saturated heterocycles. The van der Waals surface area contributed by atoms with E-state index in [0.717, 1.165) is 5.56 Å². The highest BCUT2D eigenvalue weighted by molar-refractivity contribution is 7.89. The molecule has 1 aromatic heterocycles. The number of halogens is 1. The van der Waals surface area contributed by atoms with Crippen LogP contribution < -0.4 is 4.74 Å². The smallest absolute Gasteiger partial charge is 0.243 e. The zero-order valence-corrected chi connectivity index (χ0v) is 16.6. The fraction of sp³-hybridized carbons (Fsp3) is 0.211. The first kappa shape index (κ1) is 19.4. The van der Waals surface area contributed by atoms with E-state index in [1.165, 1.54) is 30.6 Å². The Morgan fingerprint density at radius 2 is 1.93 bits per heavy atom. The number of sulfonamides is 1. The molecule has 0 N–H and O–H groups in total. The second kappa shape index (κ2) is 8.12. The van der Waals surface area contributed by atoms with Crippen LogP contribution in [0.15, 0.2) is 65.8 Å². The van der Waals surface area contributed by atoms with Gasteiger partial charge in [0.2, 0.25) is 10.0 Å². The summed E-state index contributed by atoms with van der Waals surface area (Å²) in [6, 6.07) is 13.9. The maximum atomic E-state index is 12.8. The van der Waals surface area contributed by atoms with Crippen LogP contribution in [0.1, 0.15) is 11.4 Å². The highest BCUT2D eigenvalue weighted by Gasteiger charge is 2.22. The average molecular weight is 406 g/mol. The number of imidazole rings is 1. The van der Waals surface area contributed by atoms with Gasteiger partial charge in [-0.3, -0.25) is 0 Å². The van der Waals surface area contributed by atoms with Crippen molar-refractivity contribution < 1.29 is 13.2 Å². The minimum atomic E-state index is -3.63. The van der Waals surface area contributed by atoms with E-state index >= 15 is 0 Å². The summed E-state index contributed by atoms with van der Waals surface area (Å²) in [5.74, 6) is 1.25. The third kappa shape index (κ3) is 4.50. The van der Waals surface area contributed by atoms with Crippen molar-refractivity contribution in [1.82, 2.24) is 13.9 Å². The Morgan fingerprint density at radius 1 is 1.19 bits per heavy atom. The van der Waals surface area contributed by atoms with Crippen molar-refractivity contribution in [3.05, 3.63) is 77.3 Å². The lowest BCUT2D eigenvalue weighted by Gasteiger charge is -2.18. The van der Waals surface area contributed by atoms with Crippen LogP contribution in [0.25, 0.3) is 0 Å². The number of hydrogen-bond acceptors (Lipinski definition) is 4. The summed E-state index contributed by atoms with van der Waals surface area (Å²) in [4.78, 5) is 4.52. The van der Waals surface area contributed by atoms with Gasteiger partial charge in [-0.2, -0.15) is 4.31 Å². The zero-order chi connectivity index (χ0) is 19.4. The molecule has 0 aliphatic rings. The first-order valence-corrected chi connectivity index (χ1v) is 10.1. The molecule has 0 saturated carbocycles. The van der Waals surface area contributed by atoms with Gasteiger partial charge in [-0.25, -0.2) is 13.4 Å². The SMILES string of the molecule is COc1ccc(S(=O)(=O)N(C)Cc2nccn2Cc2cccc(Cl)c2)cc1. The topological polar surface area (TPSA) is 64.4 Å². The van der Waals surface area contributed by atoms with Crippen molar-refractivity contribution in [2.45, 2.75) is 18.0 Å². The first-order valence-electron chi connectivity index (χ1n) is 8.25. The van der Waals surface area contributed by atoms with E-state index in [0.29, 0.717) is 23.1 Å². The Balaban J connectivity index is 1.77. The van der Waals surface area contributed by atoms with Crippen LogP contribution in [0, 0.1) is 0 Å². The lowest BCUT2D eigenvalue weighted by Crippen LogP contribution is -2.28. The molecule has 0 atom stereocenters. The normalized spacial score (nSPS) is 11.7. The Morgan fingerprint density at radius 3 is 2.59 bits per heavy atom. The number of rotatable bonds is 7. The molecule has 1 heterocycles. The summed E-state index contributed by atoms with van der Waals surface area (Å²) >= 11 is 6.04. The van der Waals surface area contributed by atoms with Crippen molar-refractivity contribution in [3.8, 4) is 5.75 Å². The number of nitrogens with zero attached hydrogens (tertiary/aromatic N) is 3. The number of benzene rings is 2. The highest BCUT2D eigenvalue weighted by atomic mass is 35.5. The van der Waals surface area contributed by atoms with Gasteiger partial charge in [-0.1, -0.05) is 23.7 Å². The van der Waals surface area contributed by atoms with E-state index in [4.69, 9.17) is 16.3 Å². The molecule has 0 unspecified atom stereocenters. The zero-order valence-electron chi connectivity index (χ0n) is 15.0. The molecule has 0 radical (unpaired) electrons. The van der Waals surface area contributed by atoms with Gasteiger partial charge in [0.15, 0.2) is 0 Å². The van der Waals surface area contributed by atoms with Crippen molar-refractivity contribution in [2.24, 2.45) is 0 Å². The second-order valence-electron chi connectivity index (χ2n) is 6.04. The van der Waals surface area contributed by atoms with Crippen molar-refractivity contribution in [3.63, 3.8) is 0 Å². The lowest BCUT2D eigenvalue weighted by molar-refractivity contribution is 0.414. The Bertz CT molecular complexity index is 1020. The Hall–Kier alpha value is -2.35. The van der Waals surface area contributed by atoms with E-state index in [2.05, 4.69) is 4.98 Å². The number of hydrogen-bond donors (Lipinski definition) is 0. The maximum Gasteiger partial charge on any atom is 0.243 e. The molecule has 6 nitrogen and oxygen atoms in total. The van der Waals surface area contributed by atoms with E-state index in [1.54, 1.807) is 18.3 Å². The molecule has 0 aliphatic carbocycles. The van der Waals surface area contributed by atoms with Crippen LogP contribution in [0.2, 0.25) is 5.02 Å². The van der Waals surface area contributed by atoms with Crippen LogP contribution in [-0.2, 0) is 23.1 Å². The minimum absolute atomic E-state index is 0.155. The Labute approximate surface area is 164 Å². The predicted octanol–water partition coefficient (Wildman–Crippen LogP) is 3.41. The molecule has 3 rings (SSSR count). The van der Waals surface area contributed by atoms with Gasteiger partial charge in [-0.15, -0.1) is 0 Å². The molecule has 0 bridgehead atoms. The molecule has 2 aromatic carbocycles. The molecule has 0 amide bonds. The van der Waals surface area contributed by atoms with Crippen LogP contribution in [-0.4, -0.2) is 36.4 Å². The highest BCUT2D eigenvalue weighted by Crippen LogP contribution is 2.20. The predicted molar refractivity (Wildman–Crippen MR) is 104 cm³/mol. The van der Waals surface area contributed by atoms with Crippen LogP contribution in [0.3, 0.4) is 0 Å². The fourth-order valence-electron chi connectivity index (χ4n) is 2.68. The molecule has 0 aliphatic heterocycles. The quantitative estimate of drug-likeness (QED) is 0.604. The molecule has 27 heavy (non-hydrogen) atoms. The number of methoxy groups -OCH3 is 1. The summed E-state index contributed by atoms with van der Waals surface area (Å²) in [7, 11) is -0.556. The second-order valence-corrected chi connectivity index (χ2v) is 8.52. The van der Waals surface area contributed by atoms with Gasteiger partial charge in [0.25, 0.3) is 0 Å². The van der Waals surface area contributed by atoms with Gasteiger partial charge >= 0.3 is 0 Å². The third-order valence-electron chi connectivity index (χ3n) is 4.18. The molecule has 0 fully saturated rings. The third-order valence-corrected chi connectivity index (χ3v) is 6.23. The molecular weight excluding hydrogens is 386 g/mol. The van der Waals surface area contributed by atoms with E-state index < -0.39 is 10.0 Å². The molecule has 142 valence electrons. The van der Waals surface area contributed by atoms with Gasteiger partial charge in [-0.05, 0) is 42.0 Å². The maximum absolute atomic E-state index is 12.8. The van der Waals surface area contributed by atoms with Crippen molar-refractivity contribution in [1.29, 1.82) is 0 Å². The molecule has 8 heteroatoms. The lowest BCUT2D eigenvalue weighted by atomic mass is 10.2. The molecule has 0 spiro atoms. The van der Waals surface area contributed by atoms with E-state index in [-0.39, 0.29) is 11.4 Å². The van der Waals surface area contributed by atoms with Gasteiger partial charge in [0.1, 0.15) is 11.6 Å². The standard InChI is InChI=1S/C19H20ClN3O3S/c1-22(27(24,25)18-8-6-17(26-2)7-9-18)14-19-21-10-11-23(19)13-15-4-3-5-16(20)12-15/h3-12H,13-14H2,1-2H3. The minimum Gasteiger partial charge on any atom is -0.497 e. The summed E-state index contributed by atoms with van der Waals surface area (Å²) in [6.07, 6.45) is 3.48. The largest absolute Gasteiger partial charge is 0.497 e. The van der Waals surface area contributed by atoms with Crippen LogP contribution in [0.4, 0.5) is 0 Å². The van der Waals surface area contributed by atoms with Crippen LogP contribution >= 0.6 is 11.6 Å². The Kier molecular flexibility index (Phi) is 5.84. The van der Waals surface area contributed by atoms with E-state index in [1.807, 2.05) is 35.0 Å². The summed E-state index contributed by atoms with van der Waals surface area (Å²) < 4.78 is 33.9. The van der Waals surface area contributed by atoms with Gasteiger partial charge < -0.3 is 9.30 Å². The summed E-state index contributed by atoms with van der Waals surface area (Å²) in [5, 5.41) is 0.661. The van der Waals surface area contributed by atoms with Gasteiger partial charge in [0, 0.05) is 31.0 Å². The van der Waals surface area contributed by atoms with Gasteiger partial charge in [0.05, 0.1) is 18.6 Å². The summed E-state index contributed by atoms with van der Waals surface area (Å²) in [5.41, 5.74) is 1.02. The molecular formula is C19H20ClN3O3S. The fourth-order valence-corrected chi connectivity index (χ4v) is 4.02. The monoisotopic (exact) mass is 405 g/mol. The van der Waals surface area contributed by atoms with Crippen molar-refractivity contribution in [2.75, 3.05) is 14.2 Å². The first-order chi connectivity index (χ1) is 12.9. The number of ether oxygens (including phenoxy) is 1. The summed E-state index contributed by atoms with van der Waals surface area (Å²) in [6.45, 7) is 0.717. The average Bonchev–Trinajstić information content (AvgIpc) is 3.08. The number of aromatic nitrogens is 2.